The van der Waals surface area contributed by atoms with Crippen LogP contribution in [-0.4, -0.2) is 24.1 Å². The molecule has 1 unspecified atom stereocenters. The number of nitrogens with one attached hydrogen (secondary N) is 2. The van der Waals surface area contributed by atoms with E-state index in [1.807, 2.05) is 0 Å². The molecule has 0 radical (unpaired) electrons. The van der Waals surface area contributed by atoms with Crippen LogP contribution in [0, 0.1) is 18.6 Å². The van der Waals surface area contributed by atoms with Gasteiger partial charge in [0.05, 0.1) is 5.69 Å². The van der Waals surface area contributed by atoms with E-state index < -0.39 is 11.6 Å². The number of nitrogens with zero attached hydrogens (tertiary/aromatic N) is 1. The van der Waals surface area contributed by atoms with Gasteiger partial charge in [0.15, 0.2) is 5.82 Å². The first-order valence-corrected chi connectivity index (χ1v) is 8.65. The summed E-state index contributed by atoms with van der Waals surface area (Å²) in [4.78, 5) is 4.11. The summed E-state index contributed by atoms with van der Waals surface area (Å²) >= 11 is 0. The molecule has 0 spiro atoms. The highest BCUT2D eigenvalue weighted by Crippen LogP contribution is 2.38. The lowest BCUT2D eigenvalue weighted by molar-refractivity contribution is 0.616. The van der Waals surface area contributed by atoms with E-state index in [2.05, 4.69) is 15.6 Å². The van der Waals surface area contributed by atoms with Crippen LogP contribution in [0.3, 0.4) is 0 Å². The summed E-state index contributed by atoms with van der Waals surface area (Å²) in [6, 6.07) is 8.15. The molecule has 3 aromatic rings. The molecule has 4 rings (SSSR count). The van der Waals surface area contributed by atoms with Crippen molar-refractivity contribution in [3.63, 3.8) is 0 Å². The van der Waals surface area contributed by atoms with Gasteiger partial charge in [-0.25, -0.2) is 13.8 Å². The van der Waals surface area contributed by atoms with Crippen LogP contribution in [0.2, 0.25) is 0 Å². The number of aromatic nitrogens is 1. The summed E-state index contributed by atoms with van der Waals surface area (Å²) in [5, 5.41) is 7.91. The molecule has 26 heavy (non-hydrogen) atoms. The van der Waals surface area contributed by atoms with E-state index in [1.165, 1.54) is 6.07 Å². The Hall–Kier alpha value is -2.73. The first-order valence-electron chi connectivity index (χ1n) is 8.65. The van der Waals surface area contributed by atoms with Gasteiger partial charge in [-0.05, 0) is 43.7 Å². The van der Waals surface area contributed by atoms with Crippen molar-refractivity contribution in [3.8, 4) is 11.1 Å². The largest absolute Gasteiger partial charge is 0.384 e. The number of halogens is 2. The molecule has 1 fully saturated rings. The zero-order chi connectivity index (χ0) is 18.3. The third kappa shape index (κ3) is 2.86. The second-order valence-electron chi connectivity index (χ2n) is 6.71. The molecule has 1 aliphatic rings. The number of fused-ring (bicyclic) bond motifs is 1. The topological polar surface area (TPSA) is 63.0 Å². The van der Waals surface area contributed by atoms with E-state index in [9.17, 15) is 4.39 Å². The summed E-state index contributed by atoms with van der Waals surface area (Å²) in [7, 11) is 0. The molecular weight excluding hydrogens is 334 g/mol. The van der Waals surface area contributed by atoms with Crippen molar-refractivity contribution in [2.75, 3.05) is 24.1 Å². The Bertz CT molecular complexity index is 961. The van der Waals surface area contributed by atoms with Gasteiger partial charge in [0.2, 0.25) is 0 Å². The average Bonchev–Trinajstić information content (AvgIpc) is 3.12. The lowest BCUT2D eigenvalue weighted by atomic mass is 9.95. The van der Waals surface area contributed by atoms with E-state index in [-0.39, 0.29) is 17.2 Å². The predicted octanol–water partition coefficient (Wildman–Crippen LogP) is 3.84. The molecule has 1 aliphatic heterocycles. The first-order chi connectivity index (χ1) is 12.5. The fourth-order valence-corrected chi connectivity index (χ4v) is 3.56. The van der Waals surface area contributed by atoms with Gasteiger partial charge in [0.25, 0.3) is 0 Å². The van der Waals surface area contributed by atoms with Crippen molar-refractivity contribution >= 4 is 22.3 Å². The highest BCUT2D eigenvalue weighted by atomic mass is 19.1. The van der Waals surface area contributed by atoms with Crippen molar-refractivity contribution in [2.24, 2.45) is 0 Å². The minimum Gasteiger partial charge on any atom is -0.384 e. The quantitative estimate of drug-likeness (QED) is 0.669. The minimum atomic E-state index is -0.469. The van der Waals surface area contributed by atoms with Crippen molar-refractivity contribution in [1.82, 2.24) is 10.3 Å². The van der Waals surface area contributed by atoms with E-state index in [0.717, 1.165) is 19.5 Å². The average molecular weight is 354 g/mol. The van der Waals surface area contributed by atoms with Crippen molar-refractivity contribution in [3.05, 3.63) is 53.7 Å². The standard InChI is InChI=1S/C20H20F2N4/c1-11-3-2-4-16(21)18(11)15-7-12-9-25-17(23)8-14(12)20(19(15)22)26-13-5-6-24-10-13/h2-4,7-9,13,24,26H,5-6,10H2,1H3,(H2,23,25). The lowest BCUT2D eigenvalue weighted by Crippen LogP contribution is -2.23. The lowest BCUT2D eigenvalue weighted by Gasteiger charge is -2.19. The molecule has 2 aromatic carbocycles. The molecular formula is C20H20F2N4. The van der Waals surface area contributed by atoms with Crippen LogP contribution in [0.1, 0.15) is 12.0 Å². The Labute approximate surface area is 150 Å². The zero-order valence-corrected chi connectivity index (χ0v) is 14.4. The number of rotatable bonds is 3. The number of nitrogen functional groups attached to an aromatic ring is 1. The van der Waals surface area contributed by atoms with E-state index in [4.69, 9.17) is 5.73 Å². The van der Waals surface area contributed by atoms with Gasteiger partial charge in [0, 0.05) is 40.7 Å². The molecule has 0 saturated carbocycles. The van der Waals surface area contributed by atoms with Gasteiger partial charge in [0.1, 0.15) is 11.6 Å². The van der Waals surface area contributed by atoms with Gasteiger partial charge >= 0.3 is 0 Å². The number of pyridine rings is 1. The van der Waals surface area contributed by atoms with Crippen molar-refractivity contribution < 1.29 is 8.78 Å². The van der Waals surface area contributed by atoms with Crippen molar-refractivity contribution in [1.29, 1.82) is 0 Å². The molecule has 0 amide bonds. The number of anilines is 2. The highest BCUT2D eigenvalue weighted by molar-refractivity contribution is 5.99. The molecule has 6 heteroatoms. The maximum atomic E-state index is 15.5. The normalized spacial score (nSPS) is 17.0. The summed E-state index contributed by atoms with van der Waals surface area (Å²) in [6.45, 7) is 3.41. The third-order valence-electron chi connectivity index (χ3n) is 4.88. The van der Waals surface area contributed by atoms with E-state index in [1.54, 1.807) is 37.4 Å². The number of hydrogen-bond donors (Lipinski definition) is 3. The Balaban J connectivity index is 1.97. The fraction of sp³-hybridized carbons (Fsp3) is 0.250. The Morgan fingerprint density at radius 2 is 2.12 bits per heavy atom. The molecule has 0 bridgehead atoms. The van der Waals surface area contributed by atoms with Crippen LogP contribution in [0.15, 0.2) is 36.5 Å². The number of benzene rings is 2. The summed E-state index contributed by atoms with van der Waals surface area (Å²) in [6.07, 6.45) is 2.49. The van der Waals surface area contributed by atoms with Crippen LogP contribution in [0.4, 0.5) is 20.3 Å². The first kappa shape index (κ1) is 16.7. The Kier molecular flexibility index (Phi) is 4.20. The van der Waals surface area contributed by atoms with Gasteiger partial charge in [-0.1, -0.05) is 12.1 Å². The van der Waals surface area contributed by atoms with Gasteiger partial charge in [-0.15, -0.1) is 0 Å². The van der Waals surface area contributed by atoms with E-state index in [0.29, 0.717) is 27.8 Å². The zero-order valence-electron chi connectivity index (χ0n) is 14.4. The third-order valence-corrected chi connectivity index (χ3v) is 4.88. The van der Waals surface area contributed by atoms with Crippen molar-refractivity contribution in [2.45, 2.75) is 19.4 Å². The molecule has 1 atom stereocenters. The predicted molar refractivity (Wildman–Crippen MR) is 101 cm³/mol. The Morgan fingerprint density at radius 3 is 2.85 bits per heavy atom. The molecule has 0 aliphatic carbocycles. The highest BCUT2D eigenvalue weighted by Gasteiger charge is 2.22. The number of hydrogen-bond acceptors (Lipinski definition) is 4. The smallest absolute Gasteiger partial charge is 0.154 e. The van der Waals surface area contributed by atoms with Gasteiger partial charge in [-0.3, -0.25) is 0 Å². The van der Waals surface area contributed by atoms with Crippen LogP contribution in [0.25, 0.3) is 21.9 Å². The minimum absolute atomic E-state index is 0.110. The summed E-state index contributed by atoms with van der Waals surface area (Å²) < 4.78 is 30.0. The molecule has 1 aromatic heterocycles. The van der Waals surface area contributed by atoms with Gasteiger partial charge < -0.3 is 16.4 Å². The second kappa shape index (κ2) is 6.53. The van der Waals surface area contributed by atoms with Crippen LogP contribution in [-0.2, 0) is 0 Å². The SMILES string of the molecule is Cc1cccc(F)c1-c1cc2cnc(N)cc2c(NC2CCNC2)c1F. The molecule has 1 saturated heterocycles. The Morgan fingerprint density at radius 1 is 1.27 bits per heavy atom. The number of aryl methyl sites for hydroxylation is 1. The number of nitrogens with two attached hydrogens (primary N) is 1. The molecule has 134 valence electrons. The fourth-order valence-electron chi connectivity index (χ4n) is 3.56. The van der Waals surface area contributed by atoms with Crippen LogP contribution >= 0.6 is 0 Å². The van der Waals surface area contributed by atoms with Crippen LogP contribution in [0.5, 0.6) is 0 Å². The molecule has 2 heterocycles. The molecule has 4 nitrogen and oxygen atoms in total. The van der Waals surface area contributed by atoms with Crippen LogP contribution < -0.4 is 16.4 Å². The summed E-state index contributed by atoms with van der Waals surface area (Å²) in [5.41, 5.74) is 7.35. The molecule has 4 N–H and O–H groups in total. The maximum Gasteiger partial charge on any atom is 0.154 e. The monoisotopic (exact) mass is 354 g/mol. The maximum absolute atomic E-state index is 15.5. The van der Waals surface area contributed by atoms with Gasteiger partial charge in [-0.2, -0.15) is 0 Å². The van der Waals surface area contributed by atoms with E-state index >= 15 is 4.39 Å². The second-order valence-corrected chi connectivity index (χ2v) is 6.71. The summed E-state index contributed by atoms with van der Waals surface area (Å²) in [5.74, 6) is -0.595.